The fourth-order valence-electron chi connectivity index (χ4n) is 2.18. The van der Waals surface area contributed by atoms with Gasteiger partial charge in [-0.1, -0.05) is 36.4 Å². The van der Waals surface area contributed by atoms with Crippen LogP contribution in [0.4, 0.5) is 0 Å². The molecule has 2 aromatic heterocycles. The van der Waals surface area contributed by atoms with Gasteiger partial charge < -0.3 is 5.11 Å². The molecule has 0 unspecified atom stereocenters. The molecule has 0 spiro atoms. The molecule has 3 rings (SSSR count). The molecule has 0 aliphatic carbocycles. The minimum Gasteiger partial charge on any atom is -0.478 e. The highest BCUT2D eigenvalue weighted by Gasteiger charge is 2.10. The van der Waals surface area contributed by atoms with E-state index in [1.807, 2.05) is 58.7 Å². The van der Waals surface area contributed by atoms with E-state index in [4.69, 9.17) is 5.11 Å². The van der Waals surface area contributed by atoms with Crippen molar-refractivity contribution in [1.29, 1.82) is 0 Å². The quantitative estimate of drug-likeness (QED) is 0.730. The Kier molecular flexibility index (Phi) is 4.16. The second kappa shape index (κ2) is 6.41. The van der Waals surface area contributed by atoms with Crippen LogP contribution >= 0.6 is 11.3 Å². The van der Waals surface area contributed by atoms with Gasteiger partial charge in [0.15, 0.2) is 0 Å². The Balaban J connectivity index is 1.95. The van der Waals surface area contributed by atoms with E-state index >= 15 is 0 Å². The number of carboxylic acid groups (broad SMARTS) is 1. The maximum Gasteiger partial charge on any atom is 0.328 e. The minimum atomic E-state index is -0.965. The van der Waals surface area contributed by atoms with Gasteiger partial charge in [0, 0.05) is 17.8 Å². The number of hydrogen-bond acceptors (Lipinski definition) is 3. The summed E-state index contributed by atoms with van der Waals surface area (Å²) in [4.78, 5) is 11.8. The van der Waals surface area contributed by atoms with Crippen LogP contribution in [0.15, 0.2) is 60.1 Å². The van der Waals surface area contributed by atoms with Gasteiger partial charge in [0.1, 0.15) is 5.69 Å². The van der Waals surface area contributed by atoms with Crippen LogP contribution in [-0.2, 0) is 11.3 Å². The number of benzene rings is 1. The zero-order chi connectivity index (χ0) is 15.4. The van der Waals surface area contributed by atoms with Crippen molar-refractivity contribution in [3.63, 3.8) is 0 Å². The molecule has 0 aliphatic rings. The molecule has 22 heavy (non-hydrogen) atoms. The van der Waals surface area contributed by atoms with Gasteiger partial charge in [-0.05, 0) is 23.1 Å². The number of thiophene rings is 1. The molecule has 2 heterocycles. The molecule has 110 valence electrons. The SMILES string of the molecule is O=C(O)C=Cc1cn(Cc2ccccc2)nc1-c1cccs1. The second-order valence-electron chi connectivity index (χ2n) is 4.77. The molecule has 0 amide bonds. The summed E-state index contributed by atoms with van der Waals surface area (Å²) in [5, 5.41) is 15.4. The summed E-state index contributed by atoms with van der Waals surface area (Å²) in [6.07, 6.45) is 4.61. The lowest BCUT2D eigenvalue weighted by atomic mass is 10.2. The van der Waals surface area contributed by atoms with Crippen molar-refractivity contribution in [1.82, 2.24) is 9.78 Å². The van der Waals surface area contributed by atoms with E-state index in [2.05, 4.69) is 5.10 Å². The molecule has 0 atom stereocenters. The van der Waals surface area contributed by atoms with E-state index in [1.165, 1.54) is 0 Å². The Hall–Kier alpha value is -2.66. The molecule has 0 saturated heterocycles. The largest absolute Gasteiger partial charge is 0.478 e. The summed E-state index contributed by atoms with van der Waals surface area (Å²) in [7, 11) is 0. The van der Waals surface area contributed by atoms with Gasteiger partial charge in [-0.3, -0.25) is 4.68 Å². The van der Waals surface area contributed by atoms with E-state index in [0.717, 1.165) is 27.8 Å². The van der Waals surface area contributed by atoms with Crippen molar-refractivity contribution in [2.24, 2.45) is 0 Å². The lowest BCUT2D eigenvalue weighted by Gasteiger charge is -2.00. The molecule has 1 N–H and O–H groups in total. The highest BCUT2D eigenvalue weighted by molar-refractivity contribution is 7.13. The van der Waals surface area contributed by atoms with Crippen LogP contribution in [0.3, 0.4) is 0 Å². The van der Waals surface area contributed by atoms with E-state index < -0.39 is 5.97 Å². The topological polar surface area (TPSA) is 55.1 Å². The van der Waals surface area contributed by atoms with Crippen molar-refractivity contribution in [3.05, 3.63) is 71.2 Å². The maximum absolute atomic E-state index is 10.8. The molecular formula is C17H14N2O2S. The van der Waals surface area contributed by atoms with Gasteiger partial charge in [0.05, 0.1) is 11.4 Å². The third-order valence-corrected chi connectivity index (χ3v) is 4.01. The molecule has 0 aliphatic heterocycles. The van der Waals surface area contributed by atoms with Crippen molar-refractivity contribution < 1.29 is 9.90 Å². The first-order chi connectivity index (χ1) is 10.7. The van der Waals surface area contributed by atoms with Crippen molar-refractivity contribution >= 4 is 23.4 Å². The van der Waals surface area contributed by atoms with Crippen molar-refractivity contribution in [2.75, 3.05) is 0 Å². The van der Waals surface area contributed by atoms with Crippen LogP contribution in [0.5, 0.6) is 0 Å². The predicted octanol–water partition coefficient (Wildman–Crippen LogP) is 3.76. The molecule has 3 aromatic rings. The van der Waals surface area contributed by atoms with E-state index in [0.29, 0.717) is 6.54 Å². The Morgan fingerprint density at radius 3 is 2.73 bits per heavy atom. The van der Waals surface area contributed by atoms with E-state index in [1.54, 1.807) is 17.4 Å². The van der Waals surface area contributed by atoms with Crippen molar-refractivity contribution in [2.45, 2.75) is 6.54 Å². The lowest BCUT2D eigenvalue weighted by molar-refractivity contribution is -0.131. The van der Waals surface area contributed by atoms with Gasteiger partial charge >= 0.3 is 5.97 Å². The number of rotatable bonds is 5. The maximum atomic E-state index is 10.8. The van der Waals surface area contributed by atoms with Crippen LogP contribution in [0.25, 0.3) is 16.6 Å². The predicted molar refractivity (Wildman–Crippen MR) is 87.8 cm³/mol. The van der Waals surface area contributed by atoms with Gasteiger partial charge in [-0.15, -0.1) is 11.3 Å². The fourth-order valence-corrected chi connectivity index (χ4v) is 2.91. The van der Waals surface area contributed by atoms with Gasteiger partial charge in [-0.25, -0.2) is 4.79 Å². The average molecular weight is 310 g/mol. The average Bonchev–Trinajstić information content (AvgIpc) is 3.15. The Bertz CT molecular complexity index is 789. The van der Waals surface area contributed by atoms with Crippen LogP contribution in [0.2, 0.25) is 0 Å². The van der Waals surface area contributed by atoms with Gasteiger partial charge in [0.2, 0.25) is 0 Å². The van der Waals surface area contributed by atoms with Crippen LogP contribution in [-0.4, -0.2) is 20.9 Å². The zero-order valence-corrected chi connectivity index (χ0v) is 12.5. The zero-order valence-electron chi connectivity index (χ0n) is 11.7. The van der Waals surface area contributed by atoms with Gasteiger partial charge in [0.25, 0.3) is 0 Å². The molecule has 4 nitrogen and oxygen atoms in total. The summed E-state index contributed by atoms with van der Waals surface area (Å²) in [5.41, 5.74) is 2.76. The molecular weight excluding hydrogens is 296 g/mol. The number of carbonyl (C=O) groups is 1. The summed E-state index contributed by atoms with van der Waals surface area (Å²) < 4.78 is 1.84. The first-order valence-electron chi connectivity index (χ1n) is 6.78. The Morgan fingerprint density at radius 2 is 2.05 bits per heavy atom. The molecule has 0 bridgehead atoms. The summed E-state index contributed by atoms with van der Waals surface area (Å²) in [6, 6.07) is 14.0. The van der Waals surface area contributed by atoms with Gasteiger partial charge in [-0.2, -0.15) is 5.10 Å². The summed E-state index contributed by atoms with van der Waals surface area (Å²) in [6.45, 7) is 0.653. The Morgan fingerprint density at radius 1 is 1.23 bits per heavy atom. The number of carboxylic acids is 1. The lowest BCUT2D eigenvalue weighted by Crippen LogP contribution is -1.99. The minimum absolute atomic E-state index is 0.653. The number of hydrogen-bond donors (Lipinski definition) is 1. The third-order valence-electron chi connectivity index (χ3n) is 3.14. The smallest absolute Gasteiger partial charge is 0.328 e. The second-order valence-corrected chi connectivity index (χ2v) is 5.71. The number of aliphatic carboxylic acids is 1. The third kappa shape index (κ3) is 3.32. The Labute approximate surface area is 132 Å². The summed E-state index contributed by atoms with van der Waals surface area (Å²) >= 11 is 1.59. The standard InChI is InChI=1S/C17H14N2O2S/c20-16(21)9-8-14-12-19(11-13-5-2-1-3-6-13)18-17(14)15-7-4-10-22-15/h1-10,12H,11H2,(H,20,21). The monoisotopic (exact) mass is 310 g/mol. The molecule has 1 aromatic carbocycles. The van der Waals surface area contributed by atoms with Crippen LogP contribution < -0.4 is 0 Å². The molecule has 5 heteroatoms. The first-order valence-corrected chi connectivity index (χ1v) is 7.66. The number of aromatic nitrogens is 2. The molecule has 0 radical (unpaired) electrons. The van der Waals surface area contributed by atoms with Crippen molar-refractivity contribution in [3.8, 4) is 10.6 Å². The highest BCUT2D eigenvalue weighted by Crippen LogP contribution is 2.27. The molecule has 0 saturated carbocycles. The van der Waals surface area contributed by atoms with Crippen LogP contribution in [0.1, 0.15) is 11.1 Å². The van der Waals surface area contributed by atoms with E-state index in [-0.39, 0.29) is 0 Å². The molecule has 0 fully saturated rings. The first kappa shape index (κ1) is 14.3. The van der Waals surface area contributed by atoms with Crippen LogP contribution in [0, 0.1) is 0 Å². The number of nitrogens with zero attached hydrogens (tertiary/aromatic N) is 2. The fraction of sp³-hybridized carbons (Fsp3) is 0.0588. The summed E-state index contributed by atoms with van der Waals surface area (Å²) in [5.74, 6) is -0.965. The highest BCUT2D eigenvalue weighted by atomic mass is 32.1. The normalized spacial score (nSPS) is 11.1. The van der Waals surface area contributed by atoms with E-state index in [9.17, 15) is 4.79 Å².